The molecule has 2 nitrogen and oxygen atoms in total. The van der Waals surface area contributed by atoms with Crippen LogP contribution in [0.15, 0.2) is 29.6 Å². The van der Waals surface area contributed by atoms with Crippen molar-refractivity contribution in [1.82, 2.24) is 10.3 Å². The van der Waals surface area contributed by atoms with E-state index in [2.05, 4.69) is 67.6 Å². The maximum atomic E-state index is 4.49. The molecule has 1 aromatic heterocycles. The zero-order chi connectivity index (χ0) is 14.5. The summed E-state index contributed by atoms with van der Waals surface area (Å²) in [6.07, 6.45) is 0.999. The minimum Gasteiger partial charge on any atom is -0.310 e. The second-order valence-electron chi connectivity index (χ2n) is 5.61. The van der Waals surface area contributed by atoms with Gasteiger partial charge in [0.05, 0.1) is 10.7 Å². The Balaban J connectivity index is 1.83. The normalized spacial score (nSPS) is 12.8. The van der Waals surface area contributed by atoms with Gasteiger partial charge >= 0.3 is 0 Å². The lowest BCUT2D eigenvalue weighted by molar-refractivity contribution is 0.574. The molecule has 1 atom stereocenters. The van der Waals surface area contributed by atoms with E-state index in [0.29, 0.717) is 12.0 Å². The molecule has 2 aromatic rings. The summed E-state index contributed by atoms with van der Waals surface area (Å²) in [4.78, 5) is 4.49. The molecule has 2 rings (SSSR count). The van der Waals surface area contributed by atoms with E-state index in [4.69, 9.17) is 0 Å². The Morgan fingerprint density at radius 2 is 1.75 bits per heavy atom. The van der Waals surface area contributed by atoms with Crippen LogP contribution in [0.1, 0.15) is 54.6 Å². The van der Waals surface area contributed by atoms with Gasteiger partial charge in [-0.2, -0.15) is 0 Å². The Morgan fingerprint density at radius 1 is 1.10 bits per heavy atom. The smallest absolute Gasteiger partial charge is 0.0897 e. The van der Waals surface area contributed by atoms with Gasteiger partial charge in [-0.3, -0.25) is 0 Å². The van der Waals surface area contributed by atoms with Crippen LogP contribution in [0, 0.1) is 6.92 Å². The summed E-state index contributed by atoms with van der Waals surface area (Å²) in [6, 6.07) is 9.33. The molecule has 0 bridgehead atoms. The number of aromatic nitrogens is 1. The topological polar surface area (TPSA) is 24.9 Å². The number of hydrogen-bond acceptors (Lipinski definition) is 3. The largest absolute Gasteiger partial charge is 0.310 e. The van der Waals surface area contributed by atoms with Crippen molar-refractivity contribution in [2.75, 3.05) is 6.54 Å². The molecule has 0 spiro atoms. The van der Waals surface area contributed by atoms with E-state index in [9.17, 15) is 0 Å². The van der Waals surface area contributed by atoms with Gasteiger partial charge in [-0.25, -0.2) is 4.98 Å². The molecule has 1 N–H and O–H groups in total. The SMILES string of the molecule is Cc1nc(CCNC(C)c2ccc(C(C)C)cc2)cs1. The number of nitrogens with zero attached hydrogens (tertiary/aromatic N) is 1. The quantitative estimate of drug-likeness (QED) is 0.848. The van der Waals surface area contributed by atoms with Crippen LogP contribution >= 0.6 is 11.3 Å². The summed E-state index contributed by atoms with van der Waals surface area (Å²) in [6.45, 7) is 9.70. The molecule has 0 saturated carbocycles. The number of benzene rings is 1. The van der Waals surface area contributed by atoms with Crippen molar-refractivity contribution in [2.45, 2.75) is 46.1 Å². The van der Waals surface area contributed by atoms with Crippen LogP contribution < -0.4 is 5.32 Å². The summed E-state index contributed by atoms with van der Waals surface area (Å²) >= 11 is 1.72. The van der Waals surface area contributed by atoms with E-state index in [1.54, 1.807) is 11.3 Å². The van der Waals surface area contributed by atoms with Gasteiger partial charge in [0, 0.05) is 24.4 Å². The summed E-state index contributed by atoms with van der Waals surface area (Å²) in [5, 5.41) is 6.87. The van der Waals surface area contributed by atoms with Crippen molar-refractivity contribution in [3.8, 4) is 0 Å². The van der Waals surface area contributed by atoms with Gasteiger partial charge in [0.15, 0.2) is 0 Å². The highest BCUT2D eigenvalue weighted by molar-refractivity contribution is 7.09. The Morgan fingerprint density at radius 3 is 2.30 bits per heavy atom. The first kappa shape index (κ1) is 15.2. The highest BCUT2D eigenvalue weighted by atomic mass is 32.1. The second kappa shape index (κ2) is 7.00. The van der Waals surface area contributed by atoms with Crippen molar-refractivity contribution < 1.29 is 0 Å². The molecule has 1 heterocycles. The van der Waals surface area contributed by atoms with Crippen molar-refractivity contribution in [2.24, 2.45) is 0 Å². The van der Waals surface area contributed by atoms with Crippen molar-refractivity contribution >= 4 is 11.3 Å². The molecular weight excluding hydrogens is 264 g/mol. The number of hydrogen-bond donors (Lipinski definition) is 1. The molecule has 1 aromatic carbocycles. The highest BCUT2D eigenvalue weighted by Gasteiger charge is 2.06. The number of aryl methyl sites for hydroxylation is 1. The van der Waals surface area contributed by atoms with Gasteiger partial charge in [0.25, 0.3) is 0 Å². The molecule has 0 fully saturated rings. The number of thiazole rings is 1. The predicted octanol–water partition coefficient (Wildman–Crippen LogP) is 4.47. The van der Waals surface area contributed by atoms with Crippen molar-refractivity contribution in [3.05, 3.63) is 51.5 Å². The number of nitrogens with one attached hydrogen (secondary N) is 1. The minimum atomic E-state index is 0.385. The van der Waals surface area contributed by atoms with Gasteiger partial charge in [-0.1, -0.05) is 38.1 Å². The third-order valence-corrected chi connectivity index (χ3v) is 4.42. The average molecular weight is 288 g/mol. The molecule has 20 heavy (non-hydrogen) atoms. The Labute approximate surface area is 126 Å². The molecule has 0 saturated heterocycles. The van der Waals surface area contributed by atoms with E-state index in [-0.39, 0.29) is 0 Å². The molecule has 108 valence electrons. The first-order valence-corrected chi connectivity index (χ1v) is 8.18. The van der Waals surface area contributed by atoms with Crippen LogP contribution in [0.3, 0.4) is 0 Å². The minimum absolute atomic E-state index is 0.385. The molecule has 0 aliphatic heterocycles. The summed E-state index contributed by atoms with van der Waals surface area (Å²) in [5.74, 6) is 0.597. The highest BCUT2D eigenvalue weighted by Crippen LogP contribution is 2.18. The molecule has 0 radical (unpaired) electrons. The van der Waals surface area contributed by atoms with Crippen LogP contribution in [0.2, 0.25) is 0 Å². The van der Waals surface area contributed by atoms with Crippen LogP contribution in [0.25, 0.3) is 0 Å². The fourth-order valence-corrected chi connectivity index (χ4v) is 2.87. The van der Waals surface area contributed by atoms with Gasteiger partial charge in [0.1, 0.15) is 0 Å². The third-order valence-electron chi connectivity index (χ3n) is 3.60. The Kier molecular flexibility index (Phi) is 5.32. The molecule has 1 unspecified atom stereocenters. The molecule has 0 aliphatic rings. The number of rotatable bonds is 6. The van der Waals surface area contributed by atoms with Crippen LogP contribution in [-0.4, -0.2) is 11.5 Å². The van der Waals surface area contributed by atoms with Gasteiger partial charge in [-0.15, -0.1) is 11.3 Å². The average Bonchev–Trinajstić information content (AvgIpc) is 2.84. The van der Waals surface area contributed by atoms with Crippen LogP contribution in [-0.2, 0) is 6.42 Å². The Hall–Kier alpha value is -1.19. The van der Waals surface area contributed by atoms with E-state index < -0.39 is 0 Å². The first-order chi connectivity index (χ1) is 9.56. The van der Waals surface area contributed by atoms with Crippen LogP contribution in [0.4, 0.5) is 0 Å². The zero-order valence-corrected chi connectivity index (χ0v) is 13.6. The zero-order valence-electron chi connectivity index (χ0n) is 12.8. The van der Waals surface area contributed by atoms with Gasteiger partial charge in [0.2, 0.25) is 0 Å². The van der Waals surface area contributed by atoms with E-state index in [1.165, 1.54) is 16.8 Å². The fraction of sp³-hybridized carbons (Fsp3) is 0.471. The van der Waals surface area contributed by atoms with E-state index >= 15 is 0 Å². The molecular formula is C17H24N2S. The lowest BCUT2D eigenvalue weighted by Crippen LogP contribution is -2.21. The van der Waals surface area contributed by atoms with Gasteiger partial charge in [-0.05, 0) is 30.9 Å². The van der Waals surface area contributed by atoms with Crippen LogP contribution in [0.5, 0.6) is 0 Å². The van der Waals surface area contributed by atoms with Gasteiger partial charge < -0.3 is 5.32 Å². The Bertz CT molecular complexity index is 528. The summed E-state index contributed by atoms with van der Waals surface area (Å²) < 4.78 is 0. The maximum absolute atomic E-state index is 4.49. The maximum Gasteiger partial charge on any atom is 0.0897 e. The molecule has 0 amide bonds. The summed E-state index contributed by atoms with van der Waals surface area (Å²) in [5.41, 5.74) is 3.95. The molecule has 3 heteroatoms. The lowest BCUT2D eigenvalue weighted by atomic mass is 9.99. The summed E-state index contributed by atoms with van der Waals surface area (Å²) in [7, 11) is 0. The van der Waals surface area contributed by atoms with E-state index in [1.807, 2.05) is 0 Å². The van der Waals surface area contributed by atoms with Crippen molar-refractivity contribution in [3.63, 3.8) is 0 Å². The monoisotopic (exact) mass is 288 g/mol. The molecule has 0 aliphatic carbocycles. The fourth-order valence-electron chi connectivity index (χ4n) is 2.23. The third kappa shape index (κ3) is 4.15. The second-order valence-corrected chi connectivity index (χ2v) is 6.67. The predicted molar refractivity (Wildman–Crippen MR) is 87.5 cm³/mol. The van der Waals surface area contributed by atoms with Crippen molar-refractivity contribution in [1.29, 1.82) is 0 Å². The first-order valence-electron chi connectivity index (χ1n) is 7.30. The standard InChI is InChI=1S/C17H24N2S/c1-12(2)15-5-7-16(8-6-15)13(3)18-10-9-17-11-20-14(4)19-17/h5-8,11-13,18H,9-10H2,1-4H3. The lowest BCUT2D eigenvalue weighted by Gasteiger charge is -2.15. The van der Waals surface area contributed by atoms with E-state index in [0.717, 1.165) is 18.0 Å².